The predicted molar refractivity (Wildman–Crippen MR) is 103 cm³/mol. The van der Waals surface area contributed by atoms with Gasteiger partial charge < -0.3 is 15.5 Å². The molecule has 3 aromatic rings. The fourth-order valence-corrected chi connectivity index (χ4v) is 3.27. The summed E-state index contributed by atoms with van der Waals surface area (Å²) in [4.78, 5) is 28.0. The van der Waals surface area contributed by atoms with Crippen LogP contribution in [0.5, 0.6) is 0 Å². The number of carbonyl (C=O) groups is 2. The number of nitrogens with zero attached hydrogens (tertiary/aromatic N) is 2. The number of halogens is 2. The van der Waals surface area contributed by atoms with Crippen LogP contribution in [0.4, 0.5) is 0 Å². The lowest BCUT2D eigenvalue weighted by Crippen LogP contribution is -2.48. The Morgan fingerprint density at radius 1 is 1.30 bits per heavy atom. The molecule has 2 atom stereocenters. The molecule has 0 saturated heterocycles. The van der Waals surface area contributed by atoms with Crippen molar-refractivity contribution >= 4 is 45.1 Å². The predicted octanol–water partition coefficient (Wildman–Crippen LogP) is 2.54. The van der Waals surface area contributed by atoms with E-state index in [0.717, 1.165) is 4.60 Å². The number of nitrogens with one attached hydrogen (secondary N) is 1. The van der Waals surface area contributed by atoms with Gasteiger partial charge in [-0.25, -0.2) is 9.78 Å². The normalized spacial score (nSPS) is 13.3. The van der Waals surface area contributed by atoms with Gasteiger partial charge in [-0.2, -0.15) is 0 Å². The van der Waals surface area contributed by atoms with E-state index in [1.807, 2.05) is 0 Å². The van der Waals surface area contributed by atoms with Gasteiger partial charge in [0.15, 0.2) is 6.10 Å². The van der Waals surface area contributed by atoms with E-state index in [-0.39, 0.29) is 6.42 Å². The van der Waals surface area contributed by atoms with E-state index in [2.05, 4.69) is 26.2 Å². The SMILES string of the molecule is O=C(NC(Cc1ccccc1Cl)C(O)C(=O)O)c1ccn2c(Br)cnc2c1. The summed E-state index contributed by atoms with van der Waals surface area (Å²) in [5.41, 5.74) is 1.47. The van der Waals surface area contributed by atoms with Crippen molar-refractivity contribution in [2.75, 3.05) is 0 Å². The number of imidazole rings is 1. The Bertz CT molecular complexity index is 1010. The first-order valence-electron chi connectivity index (χ1n) is 7.94. The van der Waals surface area contributed by atoms with Crippen LogP contribution in [0.3, 0.4) is 0 Å². The maximum atomic E-state index is 12.6. The third-order valence-electron chi connectivity index (χ3n) is 4.08. The van der Waals surface area contributed by atoms with Crippen LogP contribution in [0.1, 0.15) is 15.9 Å². The summed E-state index contributed by atoms with van der Waals surface area (Å²) < 4.78 is 2.48. The molecule has 0 aliphatic carbocycles. The van der Waals surface area contributed by atoms with Crippen molar-refractivity contribution in [3.63, 3.8) is 0 Å². The molecule has 27 heavy (non-hydrogen) atoms. The Kier molecular flexibility index (Phi) is 5.79. The zero-order valence-electron chi connectivity index (χ0n) is 13.8. The molecule has 3 rings (SSSR count). The van der Waals surface area contributed by atoms with Crippen LogP contribution >= 0.6 is 27.5 Å². The standard InChI is InChI=1S/C18H15BrClN3O4/c19-14-9-21-15-8-11(5-6-23(14)15)17(25)22-13(16(24)18(26)27)7-10-3-1-2-4-12(10)20/h1-6,8-9,13,16,24H,7H2,(H,22,25)(H,26,27). The Morgan fingerprint density at radius 3 is 2.74 bits per heavy atom. The van der Waals surface area contributed by atoms with E-state index >= 15 is 0 Å². The Morgan fingerprint density at radius 2 is 2.04 bits per heavy atom. The van der Waals surface area contributed by atoms with Gasteiger partial charge in [0.1, 0.15) is 10.3 Å². The molecule has 0 spiro atoms. The quantitative estimate of drug-likeness (QED) is 0.533. The molecule has 2 aromatic heterocycles. The molecule has 1 amide bonds. The highest BCUT2D eigenvalue weighted by molar-refractivity contribution is 9.10. The average Bonchev–Trinajstić information content (AvgIpc) is 3.02. The van der Waals surface area contributed by atoms with Crippen molar-refractivity contribution in [2.24, 2.45) is 0 Å². The minimum Gasteiger partial charge on any atom is -0.479 e. The molecule has 0 radical (unpaired) electrons. The molecule has 0 saturated carbocycles. The molecule has 0 aliphatic heterocycles. The Balaban J connectivity index is 1.84. The number of benzene rings is 1. The highest BCUT2D eigenvalue weighted by atomic mass is 79.9. The van der Waals surface area contributed by atoms with Crippen molar-refractivity contribution in [1.82, 2.24) is 14.7 Å². The van der Waals surface area contributed by atoms with Crippen molar-refractivity contribution in [2.45, 2.75) is 18.6 Å². The van der Waals surface area contributed by atoms with Gasteiger partial charge in [0, 0.05) is 16.8 Å². The number of aromatic nitrogens is 2. The number of carbonyl (C=O) groups excluding carboxylic acids is 1. The third-order valence-corrected chi connectivity index (χ3v) is 5.03. The second-order valence-electron chi connectivity index (χ2n) is 5.88. The Hall–Kier alpha value is -2.42. The van der Waals surface area contributed by atoms with E-state index in [1.54, 1.807) is 53.2 Å². The molecule has 1 aromatic carbocycles. The lowest BCUT2D eigenvalue weighted by molar-refractivity contribution is -0.148. The van der Waals surface area contributed by atoms with Crippen LogP contribution in [0.25, 0.3) is 5.65 Å². The second kappa shape index (κ2) is 8.08. The number of aliphatic hydroxyl groups excluding tert-OH is 1. The summed E-state index contributed by atoms with van der Waals surface area (Å²) in [6, 6.07) is 8.95. The highest BCUT2D eigenvalue weighted by Crippen LogP contribution is 2.19. The van der Waals surface area contributed by atoms with E-state index < -0.39 is 24.0 Å². The van der Waals surface area contributed by atoms with Gasteiger partial charge in [-0.15, -0.1) is 0 Å². The van der Waals surface area contributed by atoms with Crippen LogP contribution in [0, 0.1) is 0 Å². The summed E-state index contributed by atoms with van der Waals surface area (Å²) in [5.74, 6) is -1.95. The van der Waals surface area contributed by atoms with Crippen molar-refractivity contribution < 1.29 is 19.8 Å². The van der Waals surface area contributed by atoms with Crippen LogP contribution in [-0.4, -0.2) is 43.6 Å². The molecule has 0 fully saturated rings. The lowest BCUT2D eigenvalue weighted by Gasteiger charge is -2.22. The third kappa shape index (κ3) is 4.29. The van der Waals surface area contributed by atoms with Crippen molar-refractivity contribution in [3.8, 4) is 0 Å². The maximum absolute atomic E-state index is 12.6. The number of carboxylic acid groups (broad SMARTS) is 1. The van der Waals surface area contributed by atoms with Crippen molar-refractivity contribution in [1.29, 1.82) is 0 Å². The zero-order chi connectivity index (χ0) is 19.6. The molecule has 0 bridgehead atoms. The number of amides is 1. The fourth-order valence-electron chi connectivity index (χ4n) is 2.66. The topological polar surface area (TPSA) is 104 Å². The number of fused-ring (bicyclic) bond motifs is 1. The molecular weight excluding hydrogens is 438 g/mol. The van der Waals surface area contributed by atoms with Crippen LogP contribution in [0.15, 0.2) is 53.4 Å². The average molecular weight is 453 g/mol. The van der Waals surface area contributed by atoms with Crippen LogP contribution < -0.4 is 5.32 Å². The molecule has 7 nitrogen and oxygen atoms in total. The lowest BCUT2D eigenvalue weighted by atomic mass is 10.0. The number of hydrogen-bond donors (Lipinski definition) is 3. The zero-order valence-corrected chi connectivity index (χ0v) is 16.2. The highest BCUT2D eigenvalue weighted by Gasteiger charge is 2.28. The minimum absolute atomic E-state index is 0.0655. The monoisotopic (exact) mass is 451 g/mol. The van der Waals surface area contributed by atoms with E-state index in [9.17, 15) is 19.8 Å². The first kappa shape index (κ1) is 19.3. The van der Waals surface area contributed by atoms with Gasteiger partial charge in [-0.1, -0.05) is 29.8 Å². The van der Waals surface area contributed by atoms with E-state index in [4.69, 9.17) is 11.6 Å². The van der Waals surface area contributed by atoms with Crippen molar-refractivity contribution in [3.05, 3.63) is 69.5 Å². The number of aliphatic carboxylic acids is 1. The second-order valence-corrected chi connectivity index (χ2v) is 7.10. The van der Waals surface area contributed by atoms with Gasteiger partial charge >= 0.3 is 5.97 Å². The summed E-state index contributed by atoms with van der Waals surface area (Å²) in [7, 11) is 0. The molecule has 2 heterocycles. The number of carboxylic acids is 1. The first-order valence-corrected chi connectivity index (χ1v) is 9.11. The number of pyridine rings is 1. The van der Waals surface area contributed by atoms with Gasteiger partial charge in [0.2, 0.25) is 0 Å². The smallest absolute Gasteiger partial charge is 0.334 e. The fraction of sp³-hybridized carbons (Fsp3) is 0.167. The van der Waals surface area contributed by atoms with Crippen LogP contribution in [0.2, 0.25) is 5.02 Å². The summed E-state index contributed by atoms with van der Waals surface area (Å²) in [6.07, 6.45) is 1.55. The summed E-state index contributed by atoms with van der Waals surface area (Å²) in [5, 5.41) is 22.2. The minimum atomic E-state index is -1.78. The maximum Gasteiger partial charge on any atom is 0.334 e. The van der Waals surface area contributed by atoms with Gasteiger partial charge in [-0.3, -0.25) is 9.20 Å². The first-order chi connectivity index (χ1) is 12.9. The van der Waals surface area contributed by atoms with Gasteiger partial charge in [0.05, 0.1) is 12.2 Å². The number of hydrogen-bond acceptors (Lipinski definition) is 4. The van der Waals surface area contributed by atoms with Crippen LogP contribution in [-0.2, 0) is 11.2 Å². The molecule has 3 N–H and O–H groups in total. The summed E-state index contributed by atoms with van der Waals surface area (Å²) in [6.45, 7) is 0. The molecule has 140 valence electrons. The van der Waals surface area contributed by atoms with E-state index in [0.29, 0.717) is 21.8 Å². The Labute approximate surface area is 167 Å². The molecule has 0 aliphatic rings. The molecular formula is C18H15BrClN3O4. The molecule has 9 heteroatoms. The largest absolute Gasteiger partial charge is 0.479 e. The van der Waals surface area contributed by atoms with Gasteiger partial charge in [-0.05, 0) is 46.1 Å². The van der Waals surface area contributed by atoms with E-state index in [1.165, 1.54) is 0 Å². The molecule has 2 unspecified atom stereocenters. The summed E-state index contributed by atoms with van der Waals surface area (Å²) >= 11 is 9.45. The number of rotatable bonds is 6. The van der Waals surface area contributed by atoms with Gasteiger partial charge in [0.25, 0.3) is 5.91 Å². The number of aliphatic hydroxyl groups is 1.